The molecule has 2 N–H and O–H groups in total. The van der Waals surface area contributed by atoms with Crippen LogP contribution in [-0.4, -0.2) is 36.3 Å². The van der Waals surface area contributed by atoms with Crippen molar-refractivity contribution in [1.29, 1.82) is 0 Å². The maximum absolute atomic E-state index is 10.7. The molecule has 0 amide bonds. The summed E-state index contributed by atoms with van der Waals surface area (Å²) < 4.78 is 16.3. The van der Waals surface area contributed by atoms with Crippen molar-refractivity contribution in [3.63, 3.8) is 0 Å². The van der Waals surface area contributed by atoms with Crippen LogP contribution in [0.5, 0.6) is 11.5 Å². The van der Waals surface area contributed by atoms with Gasteiger partial charge in [0.05, 0.1) is 17.8 Å². The quantitative estimate of drug-likeness (QED) is 0.887. The van der Waals surface area contributed by atoms with Crippen LogP contribution in [0.2, 0.25) is 0 Å². The molecule has 21 heavy (non-hydrogen) atoms. The van der Waals surface area contributed by atoms with Crippen LogP contribution >= 0.6 is 0 Å². The van der Waals surface area contributed by atoms with Crippen LogP contribution in [-0.2, 0) is 11.3 Å². The lowest BCUT2D eigenvalue weighted by atomic mass is 9.84. The molecule has 1 atom stereocenters. The average molecular weight is 293 g/mol. The van der Waals surface area contributed by atoms with Crippen LogP contribution in [0.4, 0.5) is 0 Å². The lowest BCUT2D eigenvalue weighted by Crippen LogP contribution is -2.51. The van der Waals surface area contributed by atoms with E-state index >= 15 is 0 Å². The van der Waals surface area contributed by atoms with Crippen LogP contribution < -0.4 is 14.8 Å². The first-order valence-corrected chi connectivity index (χ1v) is 7.41. The molecular formula is C16H23NO4. The Hall–Kier alpha value is -1.30. The van der Waals surface area contributed by atoms with E-state index in [2.05, 4.69) is 5.32 Å². The summed E-state index contributed by atoms with van der Waals surface area (Å²) in [5, 5.41) is 14.0. The highest BCUT2D eigenvalue weighted by Crippen LogP contribution is 2.33. The van der Waals surface area contributed by atoms with Gasteiger partial charge in [0, 0.05) is 25.9 Å². The van der Waals surface area contributed by atoms with Gasteiger partial charge in [-0.1, -0.05) is 6.07 Å². The van der Waals surface area contributed by atoms with E-state index in [0.29, 0.717) is 39.3 Å². The third-order valence-electron chi connectivity index (χ3n) is 4.04. The molecule has 3 rings (SSSR count). The number of fused-ring (bicyclic) bond motifs is 1. The fourth-order valence-corrected chi connectivity index (χ4v) is 3.09. The van der Waals surface area contributed by atoms with Crippen LogP contribution in [0, 0.1) is 0 Å². The normalized spacial score (nSPS) is 26.8. The number of ether oxygens (including phenoxy) is 3. The first kappa shape index (κ1) is 14.6. The van der Waals surface area contributed by atoms with Gasteiger partial charge >= 0.3 is 0 Å². The predicted molar refractivity (Wildman–Crippen MR) is 78.5 cm³/mol. The lowest BCUT2D eigenvalue weighted by Gasteiger charge is -2.41. The number of rotatable bonds is 4. The van der Waals surface area contributed by atoms with Crippen LogP contribution in [0.25, 0.3) is 0 Å². The van der Waals surface area contributed by atoms with Crippen molar-refractivity contribution >= 4 is 0 Å². The molecular weight excluding hydrogens is 270 g/mol. The number of hydrogen-bond donors (Lipinski definition) is 2. The first-order valence-electron chi connectivity index (χ1n) is 7.41. The van der Waals surface area contributed by atoms with Crippen molar-refractivity contribution in [2.45, 2.75) is 44.4 Å². The number of hydrogen-bond acceptors (Lipinski definition) is 5. The van der Waals surface area contributed by atoms with Crippen molar-refractivity contribution in [2.75, 3.05) is 19.9 Å². The van der Waals surface area contributed by atoms with Gasteiger partial charge in [-0.25, -0.2) is 0 Å². The molecule has 1 saturated heterocycles. The number of nitrogens with one attached hydrogen (secondary N) is 1. The number of aliphatic hydroxyl groups is 1. The highest BCUT2D eigenvalue weighted by atomic mass is 16.7. The molecule has 116 valence electrons. The summed E-state index contributed by atoms with van der Waals surface area (Å²) in [4.78, 5) is 0. The second-order valence-electron chi connectivity index (χ2n) is 6.55. The summed E-state index contributed by atoms with van der Waals surface area (Å²) >= 11 is 0. The maximum Gasteiger partial charge on any atom is 0.231 e. The van der Waals surface area contributed by atoms with E-state index in [1.54, 1.807) is 0 Å². The minimum Gasteiger partial charge on any atom is -0.454 e. The Morgan fingerprint density at radius 1 is 1.24 bits per heavy atom. The molecule has 0 unspecified atom stereocenters. The fourth-order valence-electron chi connectivity index (χ4n) is 3.09. The summed E-state index contributed by atoms with van der Waals surface area (Å²) in [6.45, 7) is 6.20. The second-order valence-corrected chi connectivity index (χ2v) is 6.55. The molecule has 1 aromatic rings. The minimum absolute atomic E-state index is 0.257. The first-order chi connectivity index (χ1) is 9.96. The van der Waals surface area contributed by atoms with E-state index in [1.807, 2.05) is 32.0 Å². The molecule has 0 aliphatic carbocycles. The molecule has 0 aromatic heterocycles. The number of benzene rings is 1. The topological polar surface area (TPSA) is 60.0 Å². The zero-order valence-electron chi connectivity index (χ0n) is 12.6. The zero-order chi connectivity index (χ0) is 14.9. The third kappa shape index (κ3) is 3.48. The van der Waals surface area contributed by atoms with Gasteiger partial charge in [0.25, 0.3) is 0 Å². The van der Waals surface area contributed by atoms with Crippen molar-refractivity contribution in [3.8, 4) is 11.5 Å². The van der Waals surface area contributed by atoms with E-state index in [-0.39, 0.29) is 5.60 Å². The predicted octanol–water partition coefficient (Wildman–Crippen LogP) is 1.83. The molecule has 2 aliphatic rings. The van der Waals surface area contributed by atoms with E-state index in [0.717, 1.165) is 17.1 Å². The summed E-state index contributed by atoms with van der Waals surface area (Å²) in [7, 11) is 0. The molecule has 2 aliphatic heterocycles. The molecule has 5 heteroatoms. The maximum atomic E-state index is 10.7. The standard InChI is InChI=1S/C16H23NO4/c1-15(2)9-16(18,5-6-21-15)10-17-8-12-3-4-13-14(7-12)20-11-19-13/h3-4,7,17-18H,5-6,8-11H2,1-2H3/t16-/m0/s1. The van der Waals surface area contributed by atoms with Gasteiger partial charge in [-0.05, 0) is 31.5 Å². The SMILES string of the molecule is CC1(C)C[C@](O)(CNCc2ccc3c(c2)OCO3)CCO1. The molecule has 1 aromatic carbocycles. The molecule has 0 saturated carbocycles. The Bertz CT molecular complexity index is 517. The van der Waals surface area contributed by atoms with E-state index in [4.69, 9.17) is 14.2 Å². The van der Waals surface area contributed by atoms with Crippen molar-refractivity contribution < 1.29 is 19.3 Å². The summed E-state index contributed by atoms with van der Waals surface area (Å²) in [5.41, 5.74) is 0.167. The summed E-state index contributed by atoms with van der Waals surface area (Å²) in [5.74, 6) is 1.59. The van der Waals surface area contributed by atoms with E-state index < -0.39 is 5.60 Å². The van der Waals surface area contributed by atoms with Gasteiger partial charge in [0.1, 0.15) is 0 Å². The van der Waals surface area contributed by atoms with Crippen LogP contribution in [0.3, 0.4) is 0 Å². The second kappa shape index (κ2) is 5.48. The van der Waals surface area contributed by atoms with Gasteiger partial charge in [-0.2, -0.15) is 0 Å². The van der Waals surface area contributed by atoms with Gasteiger partial charge in [-0.3, -0.25) is 0 Å². The highest BCUT2D eigenvalue weighted by molar-refractivity contribution is 5.44. The summed E-state index contributed by atoms with van der Waals surface area (Å²) in [6.07, 6.45) is 1.32. The third-order valence-corrected chi connectivity index (χ3v) is 4.04. The smallest absolute Gasteiger partial charge is 0.231 e. The van der Waals surface area contributed by atoms with Gasteiger partial charge in [0.15, 0.2) is 11.5 Å². The fraction of sp³-hybridized carbons (Fsp3) is 0.625. The Morgan fingerprint density at radius 3 is 2.86 bits per heavy atom. The largest absolute Gasteiger partial charge is 0.454 e. The Morgan fingerprint density at radius 2 is 2.05 bits per heavy atom. The minimum atomic E-state index is -0.696. The molecule has 5 nitrogen and oxygen atoms in total. The highest BCUT2D eigenvalue weighted by Gasteiger charge is 2.38. The van der Waals surface area contributed by atoms with Gasteiger partial charge in [0.2, 0.25) is 6.79 Å². The molecule has 1 fully saturated rings. The van der Waals surface area contributed by atoms with Gasteiger partial charge < -0.3 is 24.6 Å². The Balaban J connectivity index is 1.54. The average Bonchev–Trinajstić information content (AvgIpc) is 2.84. The van der Waals surface area contributed by atoms with Crippen molar-refractivity contribution in [3.05, 3.63) is 23.8 Å². The van der Waals surface area contributed by atoms with Gasteiger partial charge in [-0.15, -0.1) is 0 Å². The lowest BCUT2D eigenvalue weighted by molar-refractivity contribution is -0.142. The molecule has 0 spiro atoms. The Kier molecular flexibility index (Phi) is 3.82. The molecule has 0 bridgehead atoms. The van der Waals surface area contributed by atoms with E-state index in [1.165, 1.54) is 0 Å². The summed E-state index contributed by atoms with van der Waals surface area (Å²) in [6, 6.07) is 5.91. The molecule has 0 radical (unpaired) electrons. The van der Waals surface area contributed by atoms with Crippen LogP contribution in [0.15, 0.2) is 18.2 Å². The van der Waals surface area contributed by atoms with Crippen molar-refractivity contribution in [2.24, 2.45) is 0 Å². The molecule has 2 heterocycles. The zero-order valence-corrected chi connectivity index (χ0v) is 12.6. The monoisotopic (exact) mass is 293 g/mol. The van der Waals surface area contributed by atoms with Crippen molar-refractivity contribution in [1.82, 2.24) is 5.32 Å². The Labute approximate surface area is 125 Å². The van der Waals surface area contributed by atoms with E-state index in [9.17, 15) is 5.11 Å². The van der Waals surface area contributed by atoms with Crippen LogP contribution in [0.1, 0.15) is 32.3 Å².